The van der Waals surface area contributed by atoms with Gasteiger partial charge in [-0.1, -0.05) is 11.6 Å². The average molecular weight is 253 g/mol. The van der Waals surface area contributed by atoms with Crippen LogP contribution in [-0.4, -0.2) is 11.1 Å². The second-order valence-corrected chi connectivity index (χ2v) is 3.29. The van der Waals surface area contributed by atoms with Gasteiger partial charge in [-0.3, -0.25) is 0 Å². The highest BCUT2D eigenvalue weighted by molar-refractivity contribution is 9.10. The van der Waals surface area contributed by atoms with Gasteiger partial charge in [0.1, 0.15) is 5.82 Å². The number of carboxylic acid groups (broad SMARTS) is 1. The molecule has 0 bridgehead atoms. The number of carbonyl (C=O) groups is 1. The fraction of sp³-hybridized carbons (Fsp3) is 0. The Hall–Kier alpha value is -0.610. The van der Waals surface area contributed by atoms with E-state index in [-0.39, 0.29) is 15.1 Å². The molecule has 0 spiro atoms. The van der Waals surface area contributed by atoms with Crippen molar-refractivity contribution in [2.75, 3.05) is 0 Å². The first-order valence-corrected chi connectivity index (χ1v) is 4.07. The zero-order chi connectivity index (χ0) is 9.30. The van der Waals surface area contributed by atoms with Gasteiger partial charge in [-0.2, -0.15) is 0 Å². The minimum atomic E-state index is -1.25. The normalized spacial score (nSPS) is 9.92. The maximum absolute atomic E-state index is 12.6. The first kappa shape index (κ1) is 9.48. The Morgan fingerprint density at radius 2 is 2.17 bits per heavy atom. The van der Waals surface area contributed by atoms with Crippen LogP contribution in [0.4, 0.5) is 4.39 Å². The predicted molar refractivity (Wildman–Crippen MR) is 46.1 cm³/mol. The van der Waals surface area contributed by atoms with Crippen LogP contribution >= 0.6 is 27.5 Å². The number of benzene rings is 1. The van der Waals surface area contributed by atoms with Crippen molar-refractivity contribution in [1.82, 2.24) is 0 Å². The fourth-order valence-electron chi connectivity index (χ4n) is 0.712. The van der Waals surface area contributed by atoms with Crippen molar-refractivity contribution in [2.24, 2.45) is 0 Å². The molecule has 1 aromatic rings. The van der Waals surface area contributed by atoms with Crippen molar-refractivity contribution < 1.29 is 14.3 Å². The molecule has 0 amide bonds. The third-order valence-electron chi connectivity index (χ3n) is 1.22. The second kappa shape index (κ2) is 3.41. The third kappa shape index (κ3) is 1.76. The Labute approximate surface area is 81.1 Å². The van der Waals surface area contributed by atoms with Crippen LogP contribution in [0.2, 0.25) is 5.02 Å². The SMILES string of the molecule is O=C(O)c1cc(F)cc(Br)c1Cl. The predicted octanol–water partition coefficient (Wildman–Crippen LogP) is 2.94. The van der Waals surface area contributed by atoms with Gasteiger partial charge in [-0.15, -0.1) is 0 Å². The van der Waals surface area contributed by atoms with Gasteiger partial charge in [-0.25, -0.2) is 9.18 Å². The zero-order valence-corrected chi connectivity index (χ0v) is 7.99. The number of aromatic carboxylic acids is 1. The quantitative estimate of drug-likeness (QED) is 0.781. The second-order valence-electron chi connectivity index (χ2n) is 2.05. The molecule has 12 heavy (non-hydrogen) atoms. The van der Waals surface area contributed by atoms with Crippen LogP contribution < -0.4 is 0 Å². The van der Waals surface area contributed by atoms with E-state index in [9.17, 15) is 9.18 Å². The van der Waals surface area contributed by atoms with Crippen molar-refractivity contribution in [2.45, 2.75) is 0 Å². The van der Waals surface area contributed by atoms with Gasteiger partial charge in [-0.05, 0) is 28.1 Å². The highest BCUT2D eigenvalue weighted by atomic mass is 79.9. The molecule has 0 atom stereocenters. The number of hydrogen-bond acceptors (Lipinski definition) is 1. The molecule has 5 heteroatoms. The van der Waals surface area contributed by atoms with Crippen molar-refractivity contribution in [3.63, 3.8) is 0 Å². The summed E-state index contributed by atoms with van der Waals surface area (Å²) in [6.07, 6.45) is 0. The lowest BCUT2D eigenvalue weighted by Crippen LogP contribution is -1.98. The van der Waals surface area contributed by atoms with E-state index in [1.807, 2.05) is 0 Å². The molecule has 0 fully saturated rings. The van der Waals surface area contributed by atoms with Crippen molar-refractivity contribution in [3.8, 4) is 0 Å². The first-order chi connectivity index (χ1) is 5.52. The number of carboxylic acids is 1. The molecular weight excluding hydrogens is 250 g/mol. The highest BCUT2D eigenvalue weighted by Crippen LogP contribution is 2.27. The fourth-order valence-corrected chi connectivity index (χ4v) is 1.33. The van der Waals surface area contributed by atoms with E-state index < -0.39 is 11.8 Å². The summed E-state index contributed by atoms with van der Waals surface area (Å²) in [6.45, 7) is 0. The average Bonchev–Trinajstić information content (AvgIpc) is 1.96. The summed E-state index contributed by atoms with van der Waals surface area (Å²) in [5, 5.41) is 8.55. The topological polar surface area (TPSA) is 37.3 Å². The van der Waals surface area contributed by atoms with E-state index in [2.05, 4.69) is 15.9 Å². The van der Waals surface area contributed by atoms with Gasteiger partial charge < -0.3 is 5.11 Å². The molecular formula is C7H3BrClFO2. The molecule has 0 aliphatic rings. The minimum absolute atomic E-state index is 0.00361. The van der Waals surface area contributed by atoms with Crippen LogP contribution in [0, 0.1) is 5.82 Å². The van der Waals surface area contributed by atoms with E-state index in [1.54, 1.807) is 0 Å². The number of hydrogen-bond donors (Lipinski definition) is 1. The molecule has 1 N–H and O–H groups in total. The van der Waals surface area contributed by atoms with Gasteiger partial charge in [0.2, 0.25) is 0 Å². The van der Waals surface area contributed by atoms with E-state index in [4.69, 9.17) is 16.7 Å². The number of rotatable bonds is 1. The van der Waals surface area contributed by atoms with Gasteiger partial charge in [0, 0.05) is 4.47 Å². The van der Waals surface area contributed by atoms with Crippen molar-refractivity contribution in [1.29, 1.82) is 0 Å². The van der Waals surface area contributed by atoms with E-state index in [0.29, 0.717) is 0 Å². The summed E-state index contributed by atoms with van der Waals surface area (Å²) in [7, 11) is 0. The summed E-state index contributed by atoms with van der Waals surface area (Å²) in [5.41, 5.74) is -0.247. The summed E-state index contributed by atoms with van der Waals surface area (Å²) in [5.74, 6) is -1.89. The lowest BCUT2D eigenvalue weighted by atomic mass is 10.2. The van der Waals surface area contributed by atoms with Crippen LogP contribution in [0.3, 0.4) is 0 Å². The molecule has 2 nitrogen and oxygen atoms in total. The van der Waals surface area contributed by atoms with Gasteiger partial charge in [0.15, 0.2) is 0 Å². The Balaban J connectivity index is 3.37. The molecule has 1 rings (SSSR count). The largest absolute Gasteiger partial charge is 0.478 e. The molecule has 0 aliphatic heterocycles. The smallest absolute Gasteiger partial charge is 0.337 e. The first-order valence-electron chi connectivity index (χ1n) is 2.90. The van der Waals surface area contributed by atoms with E-state index >= 15 is 0 Å². The standard InChI is InChI=1S/C7H3BrClFO2/c8-5-2-3(10)1-4(6(5)9)7(11)12/h1-2H,(H,11,12). The zero-order valence-electron chi connectivity index (χ0n) is 5.64. The van der Waals surface area contributed by atoms with Crippen LogP contribution in [0.1, 0.15) is 10.4 Å². The minimum Gasteiger partial charge on any atom is -0.478 e. The molecule has 0 unspecified atom stereocenters. The lowest BCUT2D eigenvalue weighted by molar-refractivity contribution is 0.0696. The lowest BCUT2D eigenvalue weighted by Gasteiger charge is -2.00. The Morgan fingerprint density at radius 1 is 1.58 bits per heavy atom. The van der Waals surface area contributed by atoms with Gasteiger partial charge in [0.25, 0.3) is 0 Å². The van der Waals surface area contributed by atoms with Crippen molar-refractivity contribution >= 4 is 33.5 Å². The molecule has 64 valence electrons. The summed E-state index contributed by atoms with van der Waals surface area (Å²) < 4.78 is 12.9. The van der Waals surface area contributed by atoms with Crippen molar-refractivity contribution in [3.05, 3.63) is 33.0 Å². The number of halogens is 3. The molecule has 0 saturated heterocycles. The molecule has 0 aromatic heterocycles. The molecule has 0 aliphatic carbocycles. The maximum atomic E-state index is 12.6. The molecule has 0 radical (unpaired) electrons. The Bertz CT molecular complexity index is 340. The van der Waals surface area contributed by atoms with E-state index in [1.165, 1.54) is 0 Å². The molecule has 0 heterocycles. The third-order valence-corrected chi connectivity index (χ3v) is 2.48. The monoisotopic (exact) mass is 252 g/mol. The van der Waals surface area contributed by atoms with Crippen LogP contribution in [0.25, 0.3) is 0 Å². The van der Waals surface area contributed by atoms with E-state index in [0.717, 1.165) is 12.1 Å². The Kier molecular flexibility index (Phi) is 2.69. The Morgan fingerprint density at radius 3 is 2.67 bits per heavy atom. The maximum Gasteiger partial charge on any atom is 0.337 e. The van der Waals surface area contributed by atoms with Gasteiger partial charge in [0.05, 0.1) is 10.6 Å². The molecule has 1 aromatic carbocycles. The summed E-state index contributed by atoms with van der Waals surface area (Å²) >= 11 is 8.50. The highest BCUT2D eigenvalue weighted by Gasteiger charge is 2.12. The van der Waals surface area contributed by atoms with Crippen LogP contribution in [0.15, 0.2) is 16.6 Å². The van der Waals surface area contributed by atoms with Crippen LogP contribution in [0.5, 0.6) is 0 Å². The summed E-state index contributed by atoms with van der Waals surface area (Å²) in [4.78, 5) is 10.5. The van der Waals surface area contributed by atoms with Crippen LogP contribution in [-0.2, 0) is 0 Å². The van der Waals surface area contributed by atoms with Gasteiger partial charge >= 0.3 is 5.97 Å². The summed E-state index contributed by atoms with van der Waals surface area (Å²) in [6, 6.07) is 1.98. The molecule has 0 saturated carbocycles.